The lowest BCUT2D eigenvalue weighted by Crippen LogP contribution is -2.04. The maximum atomic E-state index is 11.7. The molecule has 2 N–H and O–H groups in total. The molecule has 0 bridgehead atoms. The molecule has 0 fully saturated rings. The van der Waals surface area contributed by atoms with Gasteiger partial charge in [-0.1, -0.05) is 26.0 Å². The van der Waals surface area contributed by atoms with Crippen molar-refractivity contribution in [1.82, 2.24) is 9.97 Å². The highest BCUT2D eigenvalue weighted by Gasteiger charge is 2.06. The fraction of sp³-hybridized carbons (Fsp3) is 0.227. The molecule has 0 atom stereocenters. The number of esters is 1. The number of rotatable bonds is 7. The third-order valence-electron chi connectivity index (χ3n) is 4.16. The van der Waals surface area contributed by atoms with Crippen LogP contribution in [0, 0.1) is 0 Å². The number of hydrogen-bond donors (Lipinski definition) is 2. The molecule has 3 rings (SSSR count). The first-order valence-electron chi connectivity index (χ1n) is 9.29. The predicted octanol–water partition coefficient (Wildman–Crippen LogP) is 5.26. The Balaban J connectivity index is 1.67. The highest BCUT2D eigenvalue weighted by Crippen LogP contribution is 2.21. The standard InChI is InChI=1S/C22H24N4O2/c1-4-28-21(27)17-7-11-18(12-8-17)24-20-13-14-23-22(26-20)25-19-9-5-16(6-10-19)15(2)3/h5-15H,4H2,1-3H3,(H2,23,24,25,26). The first kappa shape index (κ1) is 19.4. The third kappa shape index (κ3) is 5.07. The lowest BCUT2D eigenvalue weighted by molar-refractivity contribution is 0.0526. The van der Waals surface area contributed by atoms with E-state index in [4.69, 9.17) is 4.74 Å². The van der Waals surface area contributed by atoms with E-state index in [0.29, 0.717) is 29.9 Å². The highest BCUT2D eigenvalue weighted by molar-refractivity contribution is 5.89. The lowest BCUT2D eigenvalue weighted by atomic mass is 10.0. The van der Waals surface area contributed by atoms with E-state index < -0.39 is 0 Å². The Morgan fingerprint density at radius 1 is 0.964 bits per heavy atom. The van der Waals surface area contributed by atoms with E-state index in [2.05, 4.69) is 46.6 Å². The fourth-order valence-electron chi connectivity index (χ4n) is 2.62. The van der Waals surface area contributed by atoms with Crippen LogP contribution in [0.1, 0.15) is 42.6 Å². The van der Waals surface area contributed by atoms with E-state index in [1.807, 2.05) is 24.3 Å². The summed E-state index contributed by atoms with van der Waals surface area (Å²) in [6.45, 7) is 6.48. The van der Waals surface area contributed by atoms with Gasteiger partial charge in [-0.15, -0.1) is 0 Å². The Hall–Kier alpha value is -3.41. The summed E-state index contributed by atoms with van der Waals surface area (Å²) in [5.74, 6) is 1.32. The molecule has 0 aliphatic rings. The van der Waals surface area contributed by atoms with E-state index >= 15 is 0 Å². The summed E-state index contributed by atoms with van der Waals surface area (Å²) in [5.41, 5.74) is 3.55. The number of nitrogens with zero attached hydrogens (tertiary/aromatic N) is 2. The van der Waals surface area contributed by atoms with Crippen molar-refractivity contribution in [2.24, 2.45) is 0 Å². The third-order valence-corrected chi connectivity index (χ3v) is 4.16. The van der Waals surface area contributed by atoms with Crippen molar-refractivity contribution in [1.29, 1.82) is 0 Å². The highest BCUT2D eigenvalue weighted by atomic mass is 16.5. The van der Waals surface area contributed by atoms with Crippen LogP contribution >= 0.6 is 0 Å². The number of nitrogens with one attached hydrogen (secondary N) is 2. The van der Waals surface area contributed by atoms with Crippen LogP contribution in [0.5, 0.6) is 0 Å². The molecule has 0 unspecified atom stereocenters. The van der Waals surface area contributed by atoms with Gasteiger partial charge in [0, 0.05) is 17.6 Å². The van der Waals surface area contributed by atoms with E-state index in [9.17, 15) is 4.79 Å². The molecule has 2 aromatic carbocycles. The number of anilines is 4. The van der Waals surface area contributed by atoms with Crippen LogP contribution in [0.4, 0.5) is 23.1 Å². The Kier molecular flexibility index (Phi) is 6.22. The van der Waals surface area contributed by atoms with Crippen LogP contribution in [-0.4, -0.2) is 22.5 Å². The molecule has 6 heteroatoms. The van der Waals surface area contributed by atoms with Crippen molar-refractivity contribution in [3.8, 4) is 0 Å². The van der Waals surface area contributed by atoms with E-state index in [0.717, 1.165) is 11.4 Å². The first-order chi connectivity index (χ1) is 13.5. The molecule has 0 saturated heterocycles. The van der Waals surface area contributed by atoms with Gasteiger partial charge in [-0.25, -0.2) is 9.78 Å². The molecular formula is C22H24N4O2. The number of carbonyl (C=O) groups is 1. The first-order valence-corrected chi connectivity index (χ1v) is 9.29. The van der Waals surface area contributed by atoms with Gasteiger partial charge in [0.1, 0.15) is 5.82 Å². The zero-order chi connectivity index (χ0) is 19.9. The van der Waals surface area contributed by atoms with E-state index in [-0.39, 0.29) is 5.97 Å². The van der Waals surface area contributed by atoms with Gasteiger partial charge in [-0.05, 0) is 60.9 Å². The maximum Gasteiger partial charge on any atom is 0.338 e. The second-order valence-corrected chi connectivity index (χ2v) is 6.59. The fourth-order valence-corrected chi connectivity index (χ4v) is 2.62. The van der Waals surface area contributed by atoms with Gasteiger partial charge < -0.3 is 15.4 Å². The van der Waals surface area contributed by atoms with Crippen molar-refractivity contribution in [2.45, 2.75) is 26.7 Å². The molecule has 1 heterocycles. The van der Waals surface area contributed by atoms with Crippen LogP contribution in [-0.2, 0) is 4.74 Å². The van der Waals surface area contributed by atoms with Gasteiger partial charge in [-0.3, -0.25) is 0 Å². The molecule has 144 valence electrons. The summed E-state index contributed by atoms with van der Waals surface area (Å²) in [5, 5.41) is 6.42. The predicted molar refractivity (Wildman–Crippen MR) is 112 cm³/mol. The molecule has 0 radical (unpaired) electrons. The molecule has 1 aromatic heterocycles. The van der Waals surface area contributed by atoms with Crippen LogP contribution in [0.15, 0.2) is 60.8 Å². The second-order valence-electron chi connectivity index (χ2n) is 6.59. The van der Waals surface area contributed by atoms with Gasteiger partial charge in [0.05, 0.1) is 12.2 Å². The molecule has 0 spiro atoms. The van der Waals surface area contributed by atoms with Gasteiger partial charge >= 0.3 is 5.97 Å². The van der Waals surface area contributed by atoms with Crippen molar-refractivity contribution in [2.75, 3.05) is 17.2 Å². The lowest BCUT2D eigenvalue weighted by Gasteiger charge is -2.10. The van der Waals surface area contributed by atoms with Crippen molar-refractivity contribution in [3.63, 3.8) is 0 Å². The Morgan fingerprint density at radius 3 is 2.25 bits per heavy atom. The van der Waals surface area contributed by atoms with E-state index in [1.54, 1.807) is 31.3 Å². The molecule has 6 nitrogen and oxygen atoms in total. The zero-order valence-electron chi connectivity index (χ0n) is 16.3. The Morgan fingerprint density at radius 2 is 1.61 bits per heavy atom. The number of hydrogen-bond acceptors (Lipinski definition) is 6. The number of ether oxygens (including phenoxy) is 1. The summed E-state index contributed by atoms with van der Waals surface area (Å²) in [6.07, 6.45) is 1.69. The molecular weight excluding hydrogens is 352 g/mol. The molecule has 28 heavy (non-hydrogen) atoms. The average Bonchev–Trinajstić information content (AvgIpc) is 2.69. The summed E-state index contributed by atoms with van der Waals surface area (Å²) in [6, 6.07) is 17.1. The molecule has 0 aliphatic carbocycles. The quantitative estimate of drug-likeness (QED) is 0.548. The van der Waals surface area contributed by atoms with Crippen LogP contribution < -0.4 is 10.6 Å². The summed E-state index contributed by atoms with van der Waals surface area (Å²) < 4.78 is 4.99. The van der Waals surface area contributed by atoms with Crippen molar-refractivity contribution >= 4 is 29.1 Å². The van der Waals surface area contributed by atoms with Crippen molar-refractivity contribution in [3.05, 3.63) is 71.9 Å². The summed E-state index contributed by atoms with van der Waals surface area (Å²) in [7, 11) is 0. The minimum absolute atomic E-state index is 0.328. The number of aromatic nitrogens is 2. The zero-order valence-corrected chi connectivity index (χ0v) is 16.3. The largest absolute Gasteiger partial charge is 0.462 e. The topological polar surface area (TPSA) is 76.1 Å². The SMILES string of the molecule is CCOC(=O)c1ccc(Nc2ccnc(Nc3ccc(C(C)C)cc3)n2)cc1. The molecule has 0 amide bonds. The van der Waals surface area contributed by atoms with Crippen LogP contribution in [0.25, 0.3) is 0 Å². The number of carbonyl (C=O) groups excluding carboxylic acids is 1. The van der Waals surface area contributed by atoms with Crippen LogP contribution in [0.3, 0.4) is 0 Å². The molecule has 3 aromatic rings. The normalized spacial score (nSPS) is 10.6. The summed E-state index contributed by atoms with van der Waals surface area (Å²) >= 11 is 0. The van der Waals surface area contributed by atoms with Crippen molar-refractivity contribution < 1.29 is 9.53 Å². The minimum atomic E-state index is -0.328. The maximum absolute atomic E-state index is 11.7. The van der Waals surface area contributed by atoms with Gasteiger partial charge in [0.2, 0.25) is 5.95 Å². The Bertz CT molecular complexity index is 922. The van der Waals surface area contributed by atoms with Gasteiger partial charge in [0.25, 0.3) is 0 Å². The van der Waals surface area contributed by atoms with Gasteiger partial charge in [-0.2, -0.15) is 4.98 Å². The minimum Gasteiger partial charge on any atom is -0.462 e. The number of benzene rings is 2. The Labute approximate surface area is 165 Å². The van der Waals surface area contributed by atoms with Gasteiger partial charge in [0.15, 0.2) is 0 Å². The van der Waals surface area contributed by atoms with Crippen LogP contribution in [0.2, 0.25) is 0 Å². The average molecular weight is 376 g/mol. The molecule has 0 saturated carbocycles. The summed E-state index contributed by atoms with van der Waals surface area (Å²) in [4.78, 5) is 20.5. The monoisotopic (exact) mass is 376 g/mol. The molecule has 0 aliphatic heterocycles. The van der Waals surface area contributed by atoms with E-state index in [1.165, 1.54) is 5.56 Å². The smallest absolute Gasteiger partial charge is 0.338 e. The second kappa shape index (κ2) is 8.99.